The maximum absolute atomic E-state index is 12.4. The summed E-state index contributed by atoms with van der Waals surface area (Å²) in [6.07, 6.45) is 5.64. The molecule has 1 aliphatic rings. The van der Waals surface area contributed by atoms with Gasteiger partial charge < -0.3 is 9.64 Å². The molecule has 1 saturated heterocycles. The fourth-order valence-corrected chi connectivity index (χ4v) is 3.40. The molecule has 1 amide bonds. The Hall–Kier alpha value is -1.67. The van der Waals surface area contributed by atoms with E-state index in [1.807, 2.05) is 61.5 Å². The first-order valence-corrected chi connectivity index (χ1v) is 9.47. The third kappa shape index (κ3) is 7.84. The lowest BCUT2D eigenvalue weighted by Crippen LogP contribution is -2.31. The molecule has 1 aromatic carbocycles. The third-order valence-corrected chi connectivity index (χ3v) is 4.95. The van der Waals surface area contributed by atoms with Crippen LogP contribution < -0.4 is 0 Å². The minimum Gasteiger partial charge on any atom is -0.464 e. The number of halogens is 1. The number of esters is 1. The van der Waals surface area contributed by atoms with E-state index in [4.69, 9.17) is 17.0 Å². The predicted octanol–water partition coefficient (Wildman–Crippen LogP) is 3.36. The second-order valence-corrected chi connectivity index (χ2v) is 7.57. The van der Waals surface area contributed by atoms with Gasteiger partial charge in [-0.2, -0.15) is 0 Å². The van der Waals surface area contributed by atoms with E-state index in [1.165, 1.54) is 16.7 Å². The second kappa shape index (κ2) is 11.9. The summed E-state index contributed by atoms with van der Waals surface area (Å²) in [5.74, 6) is -0.493. The molecule has 1 aromatic rings. The quantitative estimate of drug-likeness (QED) is 0.361. The van der Waals surface area contributed by atoms with E-state index in [0.717, 1.165) is 5.56 Å². The lowest BCUT2D eigenvalue weighted by molar-refractivity contribution is -0.144. The lowest BCUT2D eigenvalue weighted by atomic mass is 10.2. The number of carbonyl (C=O) groups is 2. The van der Waals surface area contributed by atoms with Crippen LogP contribution in [-0.2, 0) is 14.3 Å². The summed E-state index contributed by atoms with van der Waals surface area (Å²) in [4.78, 5) is 28.1. The molecule has 1 aliphatic heterocycles. The van der Waals surface area contributed by atoms with Gasteiger partial charge in [0.25, 0.3) is 5.91 Å². The number of ether oxygens (including phenoxy) is 1. The number of nitrogens with zero attached hydrogens (tertiary/aromatic N) is 2. The molecule has 146 valence electrons. The number of likely N-dealkylation sites (N-methyl/N-ethyl adjacent to an activating group) is 1. The summed E-state index contributed by atoms with van der Waals surface area (Å²) in [5.41, 5.74) is 1.06. The first-order chi connectivity index (χ1) is 12.5. The van der Waals surface area contributed by atoms with Crippen molar-refractivity contribution in [2.75, 3.05) is 33.8 Å². The van der Waals surface area contributed by atoms with E-state index in [-0.39, 0.29) is 37.2 Å². The Bertz CT molecular complexity index is 721. The average Bonchev–Trinajstić information content (AvgIpc) is 2.87. The normalized spacial score (nSPS) is 15.7. The van der Waals surface area contributed by atoms with Crippen LogP contribution in [0.2, 0.25) is 0 Å². The van der Waals surface area contributed by atoms with Gasteiger partial charge in [0, 0.05) is 13.1 Å². The lowest BCUT2D eigenvalue weighted by Gasteiger charge is -2.14. The van der Waals surface area contributed by atoms with Gasteiger partial charge in [-0.1, -0.05) is 66.5 Å². The maximum atomic E-state index is 12.4. The Labute approximate surface area is 175 Å². The molecule has 1 heterocycles. The van der Waals surface area contributed by atoms with Gasteiger partial charge in [0.05, 0.1) is 11.3 Å². The summed E-state index contributed by atoms with van der Waals surface area (Å²) in [5, 5.41) is 0. The molecule has 5 nitrogen and oxygen atoms in total. The largest absolute Gasteiger partial charge is 0.464 e. The monoisotopic (exact) mass is 426 g/mol. The molecule has 0 radical (unpaired) electrons. The van der Waals surface area contributed by atoms with Crippen LogP contribution in [0.5, 0.6) is 0 Å². The molecule has 0 spiro atoms. The first kappa shape index (κ1) is 23.4. The van der Waals surface area contributed by atoms with Gasteiger partial charge >= 0.3 is 5.97 Å². The van der Waals surface area contributed by atoms with Crippen LogP contribution in [0.4, 0.5) is 0 Å². The van der Waals surface area contributed by atoms with E-state index in [1.54, 1.807) is 6.08 Å². The van der Waals surface area contributed by atoms with E-state index in [9.17, 15) is 9.59 Å². The van der Waals surface area contributed by atoms with Crippen LogP contribution in [0.15, 0.2) is 47.4 Å². The van der Waals surface area contributed by atoms with Gasteiger partial charge in [0.2, 0.25) is 0 Å². The van der Waals surface area contributed by atoms with Crippen molar-refractivity contribution in [3.05, 3.63) is 53.0 Å². The maximum Gasteiger partial charge on any atom is 0.307 e. The van der Waals surface area contributed by atoms with Gasteiger partial charge in [-0.05, 0) is 25.7 Å². The topological polar surface area (TPSA) is 49.9 Å². The number of amides is 1. The van der Waals surface area contributed by atoms with Crippen molar-refractivity contribution < 1.29 is 14.3 Å². The fourth-order valence-electron chi connectivity index (χ4n) is 2.13. The third-order valence-electron chi connectivity index (χ3n) is 3.55. The summed E-state index contributed by atoms with van der Waals surface area (Å²) in [7, 11) is 3.82. The molecule has 27 heavy (non-hydrogen) atoms. The zero-order chi connectivity index (χ0) is 18.9. The predicted molar refractivity (Wildman–Crippen MR) is 117 cm³/mol. The van der Waals surface area contributed by atoms with E-state index >= 15 is 0 Å². The molecule has 1 fully saturated rings. The Balaban J connectivity index is 0.00000364. The molecule has 0 unspecified atom stereocenters. The van der Waals surface area contributed by atoms with Gasteiger partial charge in [-0.15, -0.1) is 12.4 Å². The zero-order valence-corrected chi connectivity index (χ0v) is 17.7. The number of hydrogen-bond donors (Lipinski definition) is 0. The van der Waals surface area contributed by atoms with Crippen molar-refractivity contribution in [1.29, 1.82) is 0 Å². The minimum atomic E-state index is -0.325. The molecule has 0 N–H and O–H groups in total. The highest BCUT2D eigenvalue weighted by atomic mass is 35.5. The number of thiocarbonyl (C=S) groups is 1. The molecule has 2 rings (SSSR count). The molecule has 0 aliphatic carbocycles. The summed E-state index contributed by atoms with van der Waals surface area (Å²) < 4.78 is 5.60. The Morgan fingerprint density at radius 2 is 2.00 bits per heavy atom. The number of benzene rings is 1. The van der Waals surface area contributed by atoms with E-state index < -0.39 is 0 Å². The Morgan fingerprint density at radius 1 is 1.30 bits per heavy atom. The second-order valence-electron chi connectivity index (χ2n) is 5.90. The number of thioether (sulfide) groups is 1. The van der Waals surface area contributed by atoms with Gasteiger partial charge in [-0.3, -0.25) is 14.5 Å². The molecule has 0 bridgehead atoms. The van der Waals surface area contributed by atoms with Crippen LogP contribution in [0.1, 0.15) is 12.0 Å². The molecular formula is C19H23ClN2O3S2. The Morgan fingerprint density at radius 3 is 2.67 bits per heavy atom. The highest BCUT2D eigenvalue weighted by Crippen LogP contribution is 2.31. The molecule has 0 atom stereocenters. The first-order valence-electron chi connectivity index (χ1n) is 8.25. The molecule has 0 saturated carbocycles. The Kier molecular flexibility index (Phi) is 10.3. The van der Waals surface area contributed by atoms with Crippen LogP contribution in [-0.4, -0.2) is 59.8 Å². The summed E-state index contributed by atoms with van der Waals surface area (Å²) >= 11 is 6.51. The standard InChI is InChI=1S/C19H22N2O3S2.ClH/c1-20(2)13-14-24-17(22)11-12-21-18(23)16(26-19(21)25)10-6-9-15-7-4-3-5-8-15;/h3-10H,11-14H2,1-2H3;1H/b9-6+,16-10-;. The molecule has 8 heteroatoms. The minimum absolute atomic E-state index is 0. The van der Waals surface area contributed by atoms with Crippen molar-refractivity contribution >= 4 is 58.7 Å². The van der Waals surface area contributed by atoms with E-state index in [0.29, 0.717) is 22.4 Å². The number of carbonyl (C=O) groups excluding carboxylic acids is 2. The van der Waals surface area contributed by atoms with Gasteiger partial charge in [-0.25, -0.2) is 0 Å². The summed E-state index contributed by atoms with van der Waals surface area (Å²) in [6.45, 7) is 1.25. The zero-order valence-electron chi connectivity index (χ0n) is 15.3. The van der Waals surface area contributed by atoms with Crippen molar-refractivity contribution in [2.45, 2.75) is 6.42 Å². The van der Waals surface area contributed by atoms with Crippen molar-refractivity contribution in [2.24, 2.45) is 0 Å². The van der Waals surface area contributed by atoms with Crippen molar-refractivity contribution in [1.82, 2.24) is 9.80 Å². The van der Waals surface area contributed by atoms with Crippen LogP contribution >= 0.6 is 36.4 Å². The van der Waals surface area contributed by atoms with Crippen LogP contribution in [0.25, 0.3) is 6.08 Å². The highest BCUT2D eigenvalue weighted by Gasteiger charge is 2.31. The SMILES string of the molecule is CN(C)CCOC(=O)CCN1C(=O)/C(=C/C=C/c2ccccc2)SC1=S.Cl. The van der Waals surface area contributed by atoms with Crippen molar-refractivity contribution in [3.63, 3.8) is 0 Å². The fraction of sp³-hybridized carbons (Fsp3) is 0.316. The summed E-state index contributed by atoms with van der Waals surface area (Å²) in [6, 6.07) is 9.83. The smallest absolute Gasteiger partial charge is 0.307 e. The number of rotatable bonds is 8. The average molecular weight is 427 g/mol. The van der Waals surface area contributed by atoms with Crippen LogP contribution in [0, 0.1) is 0 Å². The van der Waals surface area contributed by atoms with Crippen molar-refractivity contribution in [3.8, 4) is 0 Å². The van der Waals surface area contributed by atoms with Gasteiger partial charge in [0.15, 0.2) is 0 Å². The van der Waals surface area contributed by atoms with E-state index in [2.05, 4.69) is 0 Å². The number of allylic oxidation sites excluding steroid dienone is 2. The molecule has 0 aromatic heterocycles. The van der Waals surface area contributed by atoms with Crippen LogP contribution in [0.3, 0.4) is 0 Å². The molecular weight excluding hydrogens is 404 g/mol. The van der Waals surface area contributed by atoms with Gasteiger partial charge in [0.1, 0.15) is 10.9 Å². The number of hydrogen-bond acceptors (Lipinski definition) is 6. The highest BCUT2D eigenvalue weighted by molar-refractivity contribution is 8.26.